The van der Waals surface area contributed by atoms with Gasteiger partial charge >= 0.3 is 5.97 Å². The standard InChI is InChI=1S/C8H5FN2O2/c9-6-2-7(11)5(8(12)13)1-4(6)3-10/h1-2H,11H2,(H,12,13). The molecule has 0 saturated carbocycles. The van der Waals surface area contributed by atoms with E-state index in [1.807, 2.05) is 0 Å². The van der Waals surface area contributed by atoms with Crippen LogP contribution in [0.3, 0.4) is 0 Å². The first-order valence-electron chi connectivity index (χ1n) is 3.28. The number of nitrogen functional groups attached to an aromatic ring is 1. The Kier molecular flexibility index (Phi) is 2.15. The Labute approximate surface area is 73.0 Å². The van der Waals surface area contributed by atoms with Crippen LogP contribution in [0.1, 0.15) is 15.9 Å². The number of halogens is 1. The molecule has 13 heavy (non-hydrogen) atoms. The second kappa shape index (κ2) is 3.11. The van der Waals surface area contributed by atoms with Crippen molar-refractivity contribution in [2.75, 3.05) is 5.73 Å². The highest BCUT2D eigenvalue weighted by molar-refractivity contribution is 5.94. The van der Waals surface area contributed by atoms with Crippen molar-refractivity contribution in [1.29, 1.82) is 5.26 Å². The molecule has 0 amide bonds. The van der Waals surface area contributed by atoms with Crippen LogP contribution >= 0.6 is 0 Å². The lowest BCUT2D eigenvalue weighted by atomic mass is 10.1. The average Bonchev–Trinajstić information content (AvgIpc) is 2.03. The molecule has 0 saturated heterocycles. The molecule has 0 radical (unpaired) electrons. The van der Waals surface area contributed by atoms with Gasteiger partial charge in [-0.2, -0.15) is 5.26 Å². The van der Waals surface area contributed by atoms with Gasteiger partial charge in [-0.3, -0.25) is 0 Å². The fraction of sp³-hybridized carbons (Fsp3) is 0. The third-order valence-corrected chi connectivity index (χ3v) is 1.49. The summed E-state index contributed by atoms with van der Waals surface area (Å²) in [5, 5.41) is 17.0. The lowest BCUT2D eigenvalue weighted by Crippen LogP contribution is -2.04. The van der Waals surface area contributed by atoms with Crippen LogP contribution in [0, 0.1) is 17.1 Å². The maximum Gasteiger partial charge on any atom is 0.337 e. The molecule has 0 aromatic heterocycles. The largest absolute Gasteiger partial charge is 0.478 e. The fourth-order valence-corrected chi connectivity index (χ4v) is 0.860. The van der Waals surface area contributed by atoms with Gasteiger partial charge in [-0.05, 0) is 12.1 Å². The molecule has 1 rings (SSSR count). The minimum atomic E-state index is -1.28. The Morgan fingerprint density at radius 3 is 2.69 bits per heavy atom. The Bertz CT molecular complexity index is 409. The maximum absolute atomic E-state index is 12.8. The summed E-state index contributed by atoms with van der Waals surface area (Å²) in [6.07, 6.45) is 0. The van der Waals surface area contributed by atoms with Crippen molar-refractivity contribution in [2.45, 2.75) is 0 Å². The van der Waals surface area contributed by atoms with Crippen LogP contribution in [-0.4, -0.2) is 11.1 Å². The van der Waals surface area contributed by atoms with E-state index in [1.165, 1.54) is 6.07 Å². The van der Waals surface area contributed by atoms with Crippen molar-refractivity contribution < 1.29 is 14.3 Å². The summed E-state index contributed by atoms with van der Waals surface area (Å²) in [6, 6.07) is 3.25. The predicted molar refractivity (Wildman–Crippen MR) is 42.5 cm³/mol. The van der Waals surface area contributed by atoms with Crippen LogP contribution in [0.5, 0.6) is 0 Å². The molecule has 3 N–H and O–H groups in total. The van der Waals surface area contributed by atoms with E-state index in [1.54, 1.807) is 0 Å². The van der Waals surface area contributed by atoms with Crippen molar-refractivity contribution in [1.82, 2.24) is 0 Å². The molecule has 0 atom stereocenters. The van der Waals surface area contributed by atoms with Crippen LogP contribution in [0.25, 0.3) is 0 Å². The SMILES string of the molecule is N#Cc1cc(C(=O)O)c(N)cc1F. The molecule has 1 aromatic carbocycles. The lowest BCUT2D eigenvalue weighted by molar-refractivity contribution is 0.0698. The van der Waals surface area contributed by atoms with Crippen LogP contribution in [0.2, 0.25) is 0 Å². The van der Waals surface area contributed by atoms with Gasteiger partial charge in [-0.1, -0.05) is 0 Å². The predicted octanol–water partition coefficient (Wildman–Crippen LogP) is 0.978. The quantitative estimate of drug-likeness (QED) is 0.630. The summed E-state index contributed by atoms with van der Waals surface area (Å²) in [5.41, 5.74) is 4.43. The third-order valence-electron chi connectivity index (χ3n) is 1.49. The smallest absolute Gasteiger partial charge is 0.337 e. The van der Waals surface area contributed by atoms with Gasteiger partial charge in [0.1, 0.15) is 11.9 Å². The van der Waals surface area contributed by atoms with Crippen molar-refractivity contribution in [3.8, 4) is 6.07 Å². The molecule has 66 valence electrons. The van der Waals surface area contributed by atoms with Gasteiger partial charge < -0.3 is 10.8 Å². The van der Waals surface area contributed by atoms with Gasteiger partial charge in [-0.15, -0.1) is 0 Å². The number of aromatic carboxylic acids is 1. The number of carboxylic acid groups (broad SMARTS) is 1. The van der Waals surface area contributed by atoms with Crippen molar-refractivity contribution in [3.05, 3.63) is 29.1 Å². The maximum atomic E-state index is 12.8. The van der Waals surface area contributed by atoms with E-state index >= 15 is 0 Å². The molecule has 0 fully saturated rings. The van der Waals surface area contributed by atoms with Crippen LogP contribution in [0.15, 0.2) is 12.1 Å². The number of nitriles is 1. The Balaban J connectivity index is 3.41. The van der Waals surface area contributed by atoms with Gasteiger partial charge in [-0.25, -0.2) is 9.18 Å². The van der Waals surface area contributed by atoms with Crippen molar-refractivity contribution in [3.63, 3.8) is 0 Å². The zero-order valence-electron chi connectivity index (χ0n) is 6.41. The highest BCUT2D eigenvalue weighted by Crippen LogP contribution is 2.17. The highest BCUT2D eigenvalue weighted by atomic mass is 19.1. The summed E-state index contributed by atoms with van der Waals surface area (Å²) < 4.78 is 12.8. The Hall–Kier alpha value is -2.09. The molecule has 0 aliphatic heterocycles. The number of rotatable bonds is 1. The minimum absolute atomic E-state index is 0.191. The number of benzene rings is 1. The monoisotopic (exact) mass is 180 g/mol. The molecule has 0 aliphatic rings. The molecule has 0 bridgehead atoms. The number of carbonyl (C=O) groups is 1. The first kappa shape index (κ1) is 9.00. The number of nitrogens with two attached hydrogens (primary N) is 1. The van der Waals surface area contributed by atoms with Gasteiger partial charge in [0.25, 0.3) is 0 Å². The topological polar surface area (TPSA) is 87.1 Å². The van der Waals surface area contributed by atoms with E-state index in [2.05, 4.69) is 0 Å². The molecular weight excluding hydrogens is 175 g/mol. The summed E-state index contributed by atoms with van der Waals surface area (Å²) in [4.78, 5) is 10.5. The summed E-state index contributed by atoms with van der Waals surface area (Å²) in [7, 11) is 0. The van der Waals surface area contributed by atoms with Crippen molar-refractivity contribution >= 4 is 11.7 Å². The first-order valence-corrected chi connectivity index (χ1v) is 3.28. The first-order chi connectivity index (χ1) is 6.06. The van der Waals surface area contributed by atoms with Crippen LogP contribution in [0.4, 0.5) is 10.1 Å². The van der Waals surface area contributed by atoms with E-state index in [9.17, 15) is 9.18 Å². The summed E-state index contributed by atoms with van der Waals surface area (Å²) in [6.45, 7) is 0. The number of hydrogen-bond donors (Lipinski definition) is 2. The molecule has 0 aliphatic carbocycles. The van der Waals surface area contributed by atoms with Crippen LogP contribution in [-0.2, 0) is 0 Å². The van der Waals surface area contributed by atoms with Gasteiger partial charge in [0.05, 0.1) is 11.1 Å². The van der Waals surface area contributed by atoms with E-state index in [4.69, 9.17) is 16.1 Å². The van der Waals surface area contributed by atoms with Crippen molar-refractivity contribution in [2.24, 2.45) is 0 Å². The lowest BCUT2D eigenvalue weighted by Gasteiger charge is -2.01. The van der Waals surface area contributed by atoms with E-state index in [0.29, 0.717) is 0 Å². The second-order valence-electron chi connectivity index (χ2n) is 2.34. The normalized spacial score (nSPS) is 9.23. The molecule has 0 unspecified atom stereocenters. The Morgan fingerprint density at radius 1 is 1.62 bits per heavy atom. The molecule has 0 heterocycles. The zero-order chi connectivity index (χ0) is 10.0. The summed E-state index contributed by atoms with van der Waals surface area (Å²) in [5.74, 6) is -2.10. The number of anilines is 1. The highest BCUT2D eigenvalue weighted by Gasteiger charge is 2.12. The third kappa shape index (κ3) is 1.56. The van der Waals surface area contributed by atoms with Gasteiger partial charge in [0.2, 0.25) is 0 Å². The molecular formula is C8H5FN2O2. The molecule has 5 heteroatoms. The second-order valence-corrected chi connectivity index (χ2v) is 2.34. The molecule has 4 nitrogen and oxygen atoms in total. The molecule has 0 spiro atoms. The Morgan fingerprint density at radius 2 is 2.23 bits per heavy atom. The summed E-state index contributed by atoms with van der Waals surface area (Å²) >= 11 is 0. The van der Waals surface area contributed by atoms with Gasteiger partial charge in [0.15, 0.2) is 0 Å². The molecule has 1 aromatic rings. The number of carboxylic acids is 1. The fourth-order valence-electron chi connectivity index (χ4n) is 0.860. The average molecular weight is 180 g/mol. The van der Waals surface area contributed by atoms with Gasteiger partial charge in [0, 0.05) is 5.69 Å². The minimum Gasteiger partial charge on any atom is -0.478 e. The number of hydrogen-bond acceptors (Lipinski definition) is 3. The van der Waals surface area contributed by atoms with E-state index in [0.717, 1.165) is 12.1 Å². The van der Waals surface area contributed by atoms with E-state index in [-0.39, 0.29) is 16.8 Å². The van der Waals surface area contributed by atoms with Crippen LogP contribution < -0.4 is 5.73 Å². The van der Waals surface area contributed by atoms with E-state index < -0.39 is 11.8 Å². The zero-order valence-corrected chi connectivity index (χ0v) is 6.41. The number of nitrogens with zero attached hydrogens (tertiary/aromatic N) is 1.